The van der Waals surface area contributed by atoms with Crippen molar-refractivity contribution in [3.8, 4) is 0 Å². The van der Waals surface area contributed by atoms with E-state index >= 15 is 0 Å². The molecular weight excluding hydrogens is 345 g/mol. The second-order valence-corrected chi connectivity index (χ2v) is 6.89. The molecule has 3 rings (SSSR count). The van der Waals surface area contributed by atoms with Crippen molar-refractivity contribution in [2.75, 3.05) is 10.6 Å². The van der Waals surface area contributed by atoms with E-state index in [1.54, 1.807) is 36.5 Å². The lowest BCUT2D eigenvalue weighted by atomic mass is 9.95. The number of rotatable bonds is 4. The Morgan fingerprint density at radius 1 is 1.04 bits per heavy atom. The highest BCUT2D eigenvalue weighted by Crippen LogP contribution is 2.24. The lowest BCUT2D eigenvalue weighted by Gasteiger charge is -2.23. The fraction of sp³-hybridized carbons (Fsp3) is 0.333. The maximum absolute atomic E-state index is 12.4. The van der Waals surface area contributed by atoms with Crippen LogP contribution >= 0.6 is 23.2 Å². The van der Waals surface area contributed by atoms with Crippen LogP contribution in [0.2, 0.25) is 10.0 Å². The first-order chi connectivity index (χ1) is 11.6. The average molecular weight is 364 g/mol. The van der Waals surface area contributed by atoms with Gasteiger partial charge in [0.15, 0.2) is 0 Å². The van der Waals surface area contributed by atoms with Gasteiger partial charge in [-0.2, -0.15) is 0 Å². The van der Waals surface area contributed by atoms with Crippen LogP contribution in [-0.4, -0.2) is 16.9 Å². The summed E-state index contributed by atoms with van der Waals surface area (Å²) in [4.78, 5) is 16.7. The summed E-state index contributed by atoms with van der Waals surface area (Å²) in [6.45, 7) is 0. The maximum Gasteiger partial charge on any atom is 0.255 e. The number of hydrogen-bond donors (Lipinski definition) is 2. The molecule has 1 saturated carbocycles. The van der Waals surface area contributed by atoms with Gasteiger partial charge in [0.05, 0.1) is 0 Å². The molecule has 0 bridgehead atoms. The second-order valence-electron chi connectivity index (χ2n) is 6.02. The molecule has 2 N–H and O–H groups in total. The molecule has 1 aliphatic carbocycles. The maximum atomic E-state index is 12.4. The number of halogens is 2. The highest BCUT2D eigenvalue weighted by Gasteiger charge is 2.14. The van der Waals surface area contributed by atoms with Gasteiger partial charge in [-0.15, -0.1) is 0 Å². The molecule has 126 valence electrons. The Kier molecular flexibility index (Phi) is 5.59. The summed E-state index contributed by atoms with van der Waals surface area (Å²) in [5.74, 6) is 0.515. The van der Waals surface area contributed by atoms with Crippen LogP contribution < -0.4 is 10.6 Å². The summed E-state index contributed by atoms with van der Waals surface area (Å²) < 4.78 is 0. The van der Waals surface area contributed by atoms with Crippen LogP contribution in [0, 0.1) is 0 Å². The number of benzene rings is 1. The van der Waals surface area contributed by atoms with Gasteiger partial charge in [-0.25, -0.2) is 4.98 Å². The van der Waals surface area contributed by atoms with Crippen molar-refractivity contribution >= 4 is 40.6 Å². The number of nitrogens with zero attached hydrogens (tertiary/aromatic N) is 1. The number of amides is 1. The Labute approximate surface area is 151 Å². The Morgan fingerprint density at radius 2 is 1.75 bits per heavy atom. The number of anilines is 2. The molecule has 1 aromatic heterocycles. The zero-order chi connectivity index (χ0) is 16.9. The van der Waals surface area contributed by atoms with E-state index in [-0.39, 0.29) is 5.91 Å². The number of hydrogen-bond acceptors (Lipinski definition) is 3. The Bertz CT molecular complexity index is 710. The summed E-state index contributed by atoms with van der Waals surface area (Å²) in [7, 11) is 0. The van der Waals surface area contributed by atoms with Gasteiger partial charge in [0.2, 0.25) is 0 Å². The van der Waals surface area contributed by atoms with Gasteiger partial charge in [0.25, 0.3) is 5.91 Å². The predicted molar refractivity (Wildman–Crippen MR) is 99.1 cm³/mol. The molecule has 1 fully saturated rings. The first kappa shape index (κ1) is 17.1. The minimum absolute atomic E-state index is 0.220. The van der Waals surface area contributed by atoms with E-state index in [0.29, 0.717) is 27.3 Å². The third-order valence-corrected chi connectivity index (χ3v) is 4.54. The number of carbonyl (C=O) groups excluding carboxylic acids is 1. The van der Waals surface area contributed by atoms with Crippen LogP contribution in [0.25, 0.3) is 0 Å². The molecule has 1 amide bonds. The first-order valence-corrected chi connectivity index (χ1v) is 8.86. The van der Waals surface area contributed by atoms with Crippen molar-refractivity contribution in [2.45, 2.75) is 38.1 Å². The molecule has 0 spiro atoms. The van der Waals surface area contributed by atoms with Crippen LogP contribution in [0.5, 0.6) is 0 Å². The van der Waals surface area contributed by atoms with Crippen LogP contribution in [0.15, 0.2) is 36.5 Å². The lowest BCUT2D eigenvalue weighted by Crippen LogP contribution is -2.23. The molecule has 0 radical (unpaired) electrons. The third kappa shape index (κ3) is 4.62. The van der Waals surface area contributed by atoms with Crippen molar-refractivity contribution in [1.82, 2.24) is 4.98 Å². The smallest absolute Gasteiger partial charge is 0.255 e. The van der Waals surface area contributed by atoms with Gasteiger partial charge >= 0.3 is 0 Å². The van der Waals surface area contributed by atoms with Crippen molar-refractivity contribution in [3.63, 3.8) is 0 Å². The molecule has 6 heteroatoms. The molecular formula is C18H19Cl2N3O. The van der Waals surface area contributed by atoms with E-state index in [0.717, 1.165) is 18.7 Å². The number of carbonyl (C=O) groups is 1. The molecule has 24 heavy (non-hydrogen) atoms. The molecule has 0 aliphatic heterocycles. The number of aromatic nitrogens is 1. The van der Waals surface area contributed by atoms with Gasteiger partial charge in [-0.3, -0.25) is 4.79 Å². The fourth-order valence-corrected chi connectivity index (χ4v) is 3.46. The fourth-order valence-electron chi connectivity index (χ4n) is 2.94. The molecule has 1 aliphatic rings. The lowest BCUT2D eigenvalue weighted by molar-refractivity contribution is 0.102. The van der Waals surface area contributed by atoms with Crippen molar-refractivity contribution in [1.29, 1.82) is 0 Å². The van der Waals surface area contributed by atoms with Crippen LogP contribution in [0.3, 0.4) is 0 Å². The van der Waals surface area contributed by atoms with E-state index < -0.39 is 0 Å². The molecule has 0 saturated heterocycles. The zero-order valence-corrected chi connectivity index (χ0v) is 14.7. The minimum Gasteiger partial charge on any atom is -0.367 e. The summed E-state index contributed by atoms with van der Waals surface area (Å²) in [6.07, 6.45) is 7.74. The van der Waals surface area contributed by atoms with Gasteiger partial charge in [-0.05, 0) is 43.2 Å². The summed E-state index contributed by atoms with van der Waals surface area (Å²) in [5, 5.41) is 7.19. The standard InChI is InChI=1S/C18H19Cl2N3O/c19-13-9-14(20)11-16(10-13)23-18(24)12-6-7-21-17(8-12)22-15-4-2-1-3-5-15/h6-11,15H,1-5H2,(H,21,22)(H,23,24). The van der Waals surface area contributed by atoms with Crippen LogP contribution in [-0.2, 0) is 0 Å². The largest absolute Gasteiger partial charge is 0.367 e. The normalized spacial score (nSPS) is 15.1. The monoisotopic (exact) mass is 363 g/mol. The molecule has 1 heterocycles. The summed E-state index contributed by atoms with van der Waals surface area (Å²) in [6, 6.07) is 8.85. The number of nitrogens with one attached hydrogen (secondary N) is 2. The van der Waals surface area contributed by atoms with Gasteiger partial charge < -0.3 is 10.6 Å². The Balaban J connectivity index is 1.69. The highest BCUT2D eigenvalue weighted by molar-refractivity contribution is 6.35. The van der Waals surface area contributed by atoms with Gasteiger partial charge in [0.1, 0.15) is 5.82 Å². The van der Waals surface area contributed by atoms with E-state index in [4.69, 9.17) is 23.2 Å². The zero-order valence-electron chi connectivity index (χ0n) is 13.2. The van der Waals surface area contributed by atoms with E-state index in [9.17, 15) is 4.79 Å². The highest BCUT2D eigenvalue weighted by atomic mass is 35.5. The van der Waals surface area contributed by atoms with E-state index in [1.807, 2.05) is 0 Å². The molecule has 1 aromatic carbocycles. The molecule has 4 nitrogen and oxygen atoms in total. The summed E-state index contributed by atoms with van der Waals surface area (Å²) >= 11 is 11.9. The third-order valence-electron chi connectivity index (χ3n) is 4.10. The minimum atomic E-state index is -0.220. The Morgan fingerprint density at radius 3 is 2.46 bits per heavy atom. The predicted octanol–water partition coefficient (Wildman–Crippen LogP) is 5.39. The SMILES string of the molecule is O=C(Nc1cc(Cl)cc(Cl)c1)c1ccnc(NC2CCCCC2)c1. The van der Waals surface area contributed by atoms with Gasteiger partial charge in [0, 0.05) is 33.5 Å². The average Bonchev–Trinajstić information content (AvgIpc) is 2.55. The molecule has 0 atom stereocenters. The van der Waals surface area contributed by atoms with E-state index in [2.05, 4.69) is 15.6 Å². The molecule has 2 aromatic rings. The number of pyridine rings is 1. The van der Waals surface area contributed by atoms with Crippen LogP contribution in [0.4, 0.5) is 11.5 Å². The van der Waals surface area contributed by atoms with Crippen molar-refractivity contribution < 1.29 is 4.79 Å². The Hall–Kier alpha value is -1.78. The summed E-state index contributed by atoms with van der Waals surface area (Å²) in [5.41, 5.74) is 1.11. The van der Waals surface area contributed by atoms with Crippen molar-refractivity contribution in [3.05, 3.63) is 52.1 Å². The second kappa shape index (κ2) is 7.86. The molecule has 0 unspecified atom stereocenters. The van der Waals surface area contributed by atoms with Crippen molar-refractivity contribution in [2.24, 2.45) is 0 Å². The topological polar surface area (TPSA) is 54.0 Å². The first-order valence-electron chi connectivity index (χ1n) is 8.10. The van der Waals surface area contributed by atoms with E-state index in [1.165, 1.54) is 19.3 Å². The van der Waals surface area contributed by atoms with Gasteiger partial charge in [-0.1, -0.05) is 42.5 Å². The van der Waals surface area contributed by atoms with Crippen LogP contribution in [0.1, 0.15) is 42.5 Å². The quantitative estimate of drug-likeness (QED) is 0.765.